The van der Waals surface area contributed by atoms with Crippen LogP contribution in [0.15, 0.2) is 24.3 Å². The van der Waals surface area contributed by atoms with Gasteiger partial charge in [-0.2, -0.15) is 13.2 Å². The molecule has 7 heteroatoms. The van der Waals surface area contributed by atoms with Crippen molar-refractivity contribution >= 4 is 17.7 Å². The highest BCUT2D eigenvalue weighted by atomic mass is 32.2. The highest BCUT2D eigenvalue weighted by Crippen LogP contribution is 2.43. The first-order chi connectivity index (χ1) is 9.84. The Morgan fingerprint density at radius 1 is 1.38 bits per heavy atom. The second-order valence-electron chi connectivity index (χ2n) is 4.98. The minimum absolute atomic E-state index is 0.00994. The Labute approximate surface area is 125 Å². The van der Waals surface area contributed by atoms with Gasteiger partial charge in [-0.05, 0) is 24.6 Å². The molecular weight excluding hydrogens is 301 g/mol. The lowest BCUT2D eigenvalue weighted by molar-refractivity contribution is -0.626. The number of rotatable bonds is 4. The summed E-state index contributed by atoms with van der Waals surface area (Å²) in [5, 5.41) is 1.39. The quantitative estimate of drug-likeness (QED) is 0.920. The summed E-state index contributed by atoms with van der Waals surface area (Å²) in [6.45, 7) is 3.06. The Bertz CT molecular complexity index is 521. The molecule has 0 saturated carbocycles. The smallest absolute Gasteiger partial charge is 0.347 e. The number of quaternary nitrogens is 1. The lowest BCUT2D eigenvalue weighted by Crippen LogP contribution is -2.81. The molecule has 1 amide bonds. The normalized spacial score (nSPS) is 22.9. The fraction of sp³-hybridized carbons (Fsp3) is 0.500. The predicted molar refractivity (Wildman–Crippen MR) is 75.7 cm³/mol. The molecule has 0 aliphatic carbocycles. The zero-order valence-electron chi connectivity index (χ0n) is 11.9. The maximum atomic E-state index is 12.8. The third-order valence-electron chi connectivity index (χ3n) is 3.40. The Morgan fingerprint density at radius 3 is 2.71 bits per heavy atom. The van der Waals surface area contributed by atoms with Gasteiger partial charge in [0.1, 0.15) is 5.37 Å². The van der Waals surface area contributed by atoms with Crippen molar-refractivity contribution in [3.63, 3.8) is 0 Å². The predicted octanol–water partition coefficient (Wildman–Crippen LogP) is 1.86. The average molecular weight is 319 g/mol. The molecule has 0 aromatic heterocycles. The van der Waals surface area contributed by atoms with Crippen LogP contribution in [0.25, 0.3) is 0 Å². The SMILES string of the molecule is C[NH2+]CCN1C(=O)[C@H](C)S[C@H]1c1cccc(C(F)(F)F)c1. The van der Waals surface area contributed by atoms with E-state index in [0.717, 1.165) is 18.7 Å². The number of carbonyl (C=O) groups excluding carboxylic acids is 1. The number of nitrogens with two attached hydrogens (primary N) is 1. The Balaban J connectivity index is 2.29. The van der Waals surface area contributed by atoms with E-state index in [1.54, 1.807) is 17.9 Å². The molecule has 2 rings (SSSR count). The van der Waals surface area contributed by atoms with Crippen molar-refractivity contribution in [2.45, 2.75) is 23.7 Å². The van der Waals surface area contributed by atoms with Crippen LogP contribution in [-0.2, 0) is 11.0 Å². The summed E-state index contributed by atoms with van der Waals surface area (Å²) >= 11 is 1.40. The number of halogens is 3. The Hall–Kier alpha value is -1.21. The van der Waals surface area contributed by atoms with Crippen LogP contribution >= 0.6 is 11.8 Å². The molecule has 0 spiro atoms. The fourth-order valence-corrected chi connectivity index (χ4v) is 3.60. The molecule has 1 aliphatic heterocycles. The van der Waals surface area contributed by atoms with Gasteiger partial charge in [0, 0.05) is 0 Å². The number of hydrogen-bond donors (Lipinski definition) is 1. The third kappa shape index (κ3) is 3.52. The average Bonchev–Trinajstić information content (AvgIpc) is 2.72. The number of thioether (sulfide) groups is 1. The van der Waals surface area contributed by atoms with Crippen molar-refractivity contribution in [1.82, 2.24) is 4.90 Å². The summed E-state index contributed by atoms with van der Waals surface area (Å²) in [5.74, 6) is -0.00994. The number of amides is 1. The van der Waals surface area contributed by atoms with Crippen molar-refractivity contribution in [1.29, 1.82) is 0 Å². The van der Waals surface area contributed by atoms with Gasteiger partial charge in [0.2, 0.25) is 5.91 Å². The molecule has 1 aromatic rings. The van der Waals surface area contributed by atoms with Crippen LogP contribution in [0, 0.1) is 0 Å². The van der Waals surface area contributed by atoms with Gasteiger partial charge in [-0.1, -0.05) is 12.1 Å². The van der Waals surface area contributed by atoms with Crippen LogP contribution in [0.5, 0.6) is 0 Å². The monoisotopic (exact) mass is 319 g/mol. The number of hydrogen-bond acceptors (Lipinski definition) is 2. The number of benzene rings is 1. The second kappa shape index (κ2) is 6.27. The van der Waals surface area contributed by atoms with Gasteiger partial charge < -0.3 is 10.2 Å². The van der Waals surface area contributed by atoms with E-state index >= 15 is 0 Å². The zero-order chi connectivity index (χ0) is 15.6. The molecule has 1 heterocycles. The number of likely N-dealkylation sites (N-methyl/N-ethyl adjacent to an activating group) is 1. The van der Waals surface area contributed by atoms with E-state index in [0.29, 0.717) is 12.1 Å². The molecular formula is C14H18F3N2OS+. The molecule has 2 N–H and O–H groups in total. The highest BCUT2D eigenvalue weighted by molar-refractivity contribution is 8.01. The minimum atomic E-state index is -4.36. The van der Waals surface area contributed by atoms with E-state index in [2.05, 4.69) is 0 Å². The number of nitrogens with zero attached hydrogens (tertiary/aromatic N) is 1. The molecule has 1 fully saturated rings. The second-order valence-corrected chi connectivity index (χ2v) is 6.41. The van der Waals surface area contributed by atoms with E-state index in [9.17, 15) is 18.0 Å². The molecule has 1 aromatic carbocycles. The van der Waals surface area contributed by atoms with Gasteiger partial charge >= 0.3 is 6.18 Å². The zero-order valence-corrected chi connectivity index (χ0v) is 12.7. The van der Waals surface area contributed by atoms with Gasteiger partial charge in [0.15, 0.2) is 0 Å². The van der Waals surface area contributed by atoms with E-state index in [1.807, 2.05) is 12.4 Å². The Morgan fingerprint density at radius 2 is 2.10 bits per heavy atom. The lowest BCUT2D eigenvalue weighted by atomic mass is 10.1. The first-order valence-corrected chi connectivity index (χ1v) is 7.69. The molecule has 0 unspecified atom stereocenters. The molecule has 0 bridgehead atoms. The summed E-state index contributed by atoms with van der Waals surface area (Å²) in [5.41, 5.74) is -0.141. The van der Waals surface area contributed by atoms with E-state index in [4.69, 9.17) is 0 Å². The molecule has 2 atom stereocenters. The Kier molecular flexibility index (Phi) is 4.83. The summed E-state index contributed by atoms with van der Waals surface area (Å²) in [6, 6.07) is 5.25. The van der Waals surface area contributed by atoms with Crippen LogP contribution in [-0.4, -0.2) is 36.2 Å². The molecule has 116 valence electrons. The summed E-state index contributed by atoms with van der Waals surface area (Å²) in [7, 11) is 1.90. The van der Waals surface area contributed by atoms with Gasteiger partial charge in [-0.25, -0.2) is 0 Å². The third-order valence-corrected chi connectivity index (χ3v) is 4.80. The van der Waals surface area contributed by atoms with Gasteiger partial charge in [0.05, 0.1) is 31.0 Å². The molecule has 21 heavy (non-hydrogen) atoms. The number of carbonyl (C=O) groups is 1. The van der Waals surface area contributed by atoms with Gasteiger partial charge in [-0.15, -0.1) is 11.8 Å². The molecule has 3 nitrogen and oxygen atoms in total. The maximum absolute atomic E-state index is 12.8. The molecule has 1 saturated heterocycles. The van der Waals surface area contributed by atoms with E-state index in [-0.39, 0.29) is 16.5 Å². The van der Waals surface area contributed by atoms with Crippen LogP contribution in [0.1, 0.15) is 23.4 Å². The summed E-state index contributed by atoms with van der Waals surface area (Å²) < 4.78 is 38.4. The van der Waals surface area contributed by atoms with Crippen molar-refractivity contribution in [2.24, 2.45) is 0 Å². The standard InChI is InChI=1S/C14H17F3N2OS/c1-9-12(20)19(7-6-18-2)13(21-9)10-4-3-5-11(8-10)14(15,16)17/h3-5,8-9,13,18H,6-7H2,1-2H3/p+1/t9-,13-/m0/s1. The topological polar surface area (TPSA) is 36.9 Å². The lowest BCUT2D eigenvalue weighted by Gasteiger charge is -2.23. The van der Waals surface area contributed by atoms with Crippen LogP contribution in [0.2, 0.25) is 0 Å². The minimum Gasteiger partial charge on any atom is -0.347 e. The van der Waals surface area contributed by atoms with Crippen LogP contribution in [0.4, 0.5) is 13.2 Å². The van der Waals surface area contributed by atoms with Crippen LogP contribution < -0.4 is 5.32 Å². The first kappa shape index (κ1) is 16.2. The van der Waals surface area contributed by atoms with Gasteiger partial charge in [0.25, 0.3) is 0 Å². The van der Waals surface area contributed by atoms with Crippen LogP contribution in [0.3, 0.4) is 0 Å². The highest BCUT2D eigenvalue weighted by Gasteiger charge is 2.39. The van der Waals surface area contributed by atoms with Gasteiger partial charge in [-0.3, -0.25) is 4.79 Å². The first-order valence-electron chi connectivity index (χ1n) is 6.75. The van der Waals surface area contributed by atoms with Crippen molar-refractivity contribution in [3.05, 3.63) is 35.4 Å². The van der Waals surface area contributed by atoms with E-state index < -0.39 is 11.7 Å². The van der Waals surface area contributed by atoms with E-state index in [1.165, 1.54) is 17.8 Å². The molecule has 1 aliphatic rings. The van der Waals surface area contributed by atoms with Crippen molar-refractivity contribution in [3.8, 4) is 0 Å². The number of alkyl halides is 3. The van der Waals surface area contributed by atoms with Crippen molar-refractivity contribution < 1.29 is 23.3 Å². The fourth-order valence-electron chi connectivity index (χ4n) is 2.30. The molecule has 0 radical (unpaired) electrons. The largest absolute Gasteiger partial charge is 0.416 e. The summed E-state index contributed by atoms with van der Waals surface area (Å²) in [4.78, 5) is 13.8. The maximum Gasteiger partial charge on any atom is 0.416 e. The van der Waals surface area contributed by atoms with Crippen molar-refractivity contribution in [2.75, 3.05) is 20.1 Å². The summed E-state index contributed by atoms with van der Waals surface area (Å²) in [6.07, 6.45) is -4.36.